The normalized spacial score (nSPS) is 13.2. The van der Waals surface area contributed by atoms with E-state index in [1.54, 1.807) is 30.7 Å². The second-order valence-electron chi connectivity index (χ2n) is 11.8. The van der Waals surface area contributed by atoms with Crippen LogP contribution in [0.3, 0.4) is 0 Å². The summed E-state index contributed by atoms with van der Waals surface area (Å²) in [6, 6.07) is 18.7. The van der Waals surface area contributed by atoms with E-state index in [9.17, 15) is 20.0 Å². The lowest BCUT2D eigenvalue weighted by molar-refractivity contribution is -0.458. The molecule has 0 bridgehead atoms. The number of fused-ring (bicyclic) bond motifs is 3. The van der Waals surface area contributed by atoms with Crippen molar-refractivity contribution in [2.75, 3.05) is 17.2 Å². The Bertz CT molecular complexity index is 2280. The lowest BCUT2D eigenvalue weighted by Crippen LogP contribution is -2.29. The van der Waals surface area contributed by atoms with Gasteiger partial charge < -0.3 is 25.2 Å². The van der Waals surface area contributed by atoms with E-state index in [0.29, 0.717) is 48.8 Å². The van der Waals surface area contributed by atoms with Gasteiger partial charge in [-0.15, -0.1) is 0 Å². The molecule has 3 aliphatic heterocycles. The average molecular weight is 698 g/mol. The van der Waals surface area contributed by atoms with E-state index in [0.717, 1.165) is 51.0 Å². The van der Waals surface area contributed by atoms with E-state index in [1.165, 1.54) is 20.0 Å². The largest absolute Gasteiger partial charge is 0.506 e. The molecule has 52 heavy (non-hydrogen) atoms. The van der Waals surface area contributed by atoms with Crippen molar-refractivity contribution in [1.82, 2.24) is 19.7 Å². The Morgan fingerprint density at radius 3 is 2.27 bits per heavy atom. The first-order chi connectivity index (χ1) is 25.2. The molecule has 13 heteroatoms. The fraction of sp³-hybridized carbons (Fsp3) is 0.205. The summed E-state index contributed by atoms with van der Waals surface area (Å²) >= 11 is 0. The molecule has 6 heterocycles. The molecule has 0 unspecified atom stereocenters. The van der Waals surface area contributed by atoms with Gasteiger partial charge in [0.1, 0.15) is 23.9 Å². The van der Waals surface area contributed by atoms with Crippen LogP contribution in [0.5, 0.6) is 17.2 Å². The van der Waals surface area contributed by atoms with Gasteiger partial charge in [-0.1, -0.05) is 19.9 Å². The minimum absolute atomic E-state index is 0.109. The molecule has 13 nitrogen and oxygen atoms in total. The fourth-order valence-corrected chi connectivity index (χ4v) is 5.89. The maximum absolute atomic E-state index is 11.2. The highest BCUT2D eigenvalue weighted by Crippen LogP contribution is 2.33. The second-order valence-corrected chi connectivity index (χ2v) is 11.8. The van der Waals surface area contributed by atoms with Gasteiger partial charge in [0.05, 0.1) is 53.0 Å². The highest BCUT2D eigenvalue weighted by molar-refractivity contribution is 6.04. The summed E-state index contributed by atoms with van der Waals surface area (Å²) in [5.74, 6) is 1.41. The van der Waals surface area contributed by atoms with Crippen molar-refractivity contribution in [1.29, 1.82) is 5.26 Å². The number of ether oxygens (including phenoxy) is 2. The van der Waals surface area contributed by atoms with Crippen molar-refractivity contribution in [2.24, 2.45) is 0 Å². The van der Waals surface area contributed by atoms with Crippen molar-refractivity contribution < 1.29 is 28.7 Å². The Balaban J connectivity index is 0.000000171. The number of nitrogens with one attached hydrogen (secondary N) is 2. The fourth-order valence-electron chi connectivity index (χ4n) is 5.89. The topological polar surface area (TPSA) is 167 Å². The van der Waals surface area contributed by atoms with Crippen molar-refractivity contribution in [2.45, 2.75) is 47.4 Å². The molecule has 5 aromatic rings. The molecule has 0 radical (unpaired) electrons. The number of anilines is 2. The van der Waals surface area contributed by atoms with Gasteiger partial charge >= 0.3 is 0 Å². The minimum Gasteiger partial charge on any atom is -0.506 e. The number of amides is 2. The Hall–Kier alpha value is -6.81. The summed E-state index contributed by atoms with van der Waals surface area (Å²) in [6.07, 6.45) is 8.42. The molecule has 8 rings (SSSR count). The van der Waals surface area contributed by atoms with E-state index in [1.807, 2.05) is 67.1 Å². The molecule has 3 aromatic heterocycles. The van der Waals surface area contributed by atoms with Gasteiger partial charge in [-0.25, -0.2) is 0 Å². The van der Waals surface area contributed by atoms with Gasteiger partial charge in [-0.3, -0.25) is 24.2 Å². The first-order valence-corrected chi connectivity index (χ1v) is 16.7. The number of carbonyl (C=O) groups is 2. The Morgan fingerprint density at radius 2 is 1.58 bits per heavy atom. The molecule has 262 valence electrons. The van der Waals surface area contributed by atoms with Crippen LogP contribution in [0.15, 0.2) is 85.5 Å². The molecule has 0 fully saturated rings. The highest BCUT2D eigenvalue weighted by Gasteiger charge is 2.35. The lowest BCUT2D eigenvalue weighted by Gasteiger charge is -2.14. The van der Waals surface area contributed by atoms with Gasteiger partial charge in [0, 0.05) is 67.1 Å². The maximum atomic E-state index is 11.2. The zero-order valence-electron chi connectivity index (χ0n) is 29.2. The molecule has 0 aliphatic carbocycles. The molecule has 3 N–H and O–H groups in total. The van der Waals surface area contributed by atoms with E-state index in [2.05, 4.69) is 36.3 Å². The van der Waals surface area contributed by atoms with Crippen molar-refractivity contribution in [3.05, 3.63) is 113 Å². The third kappa shape index (κ3) is 7.66. The summed E-state index contributed by atoms with van der Waals surface area (Å²) in [6.45, 7) is 8.99. The maximum Gasteiger partial charge on any atom is 0.226 e. The van der Waals surface area contributed by atoms with Crippen LogP contribution in [0.2, 0.25) is 0 Å². The quantitative estimate of drug-likeness (QED) is 0.194. The average Bonchev–Trinajstić information content (AvgIpc) is 3.37. The number of hydrogen-bond donors (Lipinski definition) is 3. The monoisotopic (exact) mass is 697 g/mol. The Labute approximate surface area is 300 Å². The number of hydrogen-bond acceptors (Lipinski definition) is 9. The SMILES string of the molecule is CC.CC(=O)Nc1ccc2c(c1)OCC1=[N+](C2)C(c2cncc(O)c2)=C1.CC(=O)Nc1ccc2c(c1)OCc1cc(-c3cnccc3C#N)nn1C2. The standard InChI is InChI=1S/C19H15N5O2.C18H15N3O3.C2H6/c1-12(25)22-15-3-2-14-10-24-16(11-26-19(14)6-15)7-18(23-24)17-9-21-5-4-13(17)8-20;1-11(22)20-14-3-2-12-9-21-15(10-24-18(12)5-14)6-17(21)13-4-16(23)8-19-7-13;1-2/h2-7,9H,10-11H2,1H3,(H,22,25);2-8H,9-10H2,1H3,(H-,20,22,23);1-2H3/p+1. The van der Waals surface area contributed by atoms with Crippen molar-refractivity contribution >= 4 is 34.6 Å². The molecule has 2 aromatic carbocycles. The number of aromatic hydroxyl groups is 1. The molecule has 2 amide bonds. The van der Waals surface area contributed by atoms with Gasteiger partial charge in [-0.05, 0) is 36.4 Å². The molecule has 0 saturated carbocycles. The van der Waals surface area contributed by atoms with Crippen LogP contribution >= 0.6 is 0 Å². The third-order valence-electron chi connectivity index (χ3n) is 8.22. The zero-order chi connectivity index (χ0) is 36.8. The van der Waals surface area contributed by atoms with E-state index in [-0.39, 0.29) is 17.6 Å². The molecule has 0 saturated heterocycles. The lowest BCUT2D eigenvalue weighted by atomic mass is 10.0. The summed E-state index contributed by atoms with van der Waals surface area (Å²) in [5.41, 5.74) is 9.24. The van der Waals surface area contributed by atoms with E-state index < -0.39 is 0 Å². The number of nitrogens with zero attached hydrogens (tertiary/aromatic N) is 6. The summed E-state index contributed by atoms with van der Waals surface area (Å²) < 4.78 is 15.8. The molecule has 0 spiro atoms. The summed E-state index contributed by atoms with van der Waals surface area (Å²) in [7, 11) is 0. The van der Waals surface area contributed by atoms with Crippen LogP contribution in [-0.4, -0.2) is 53.6 Å². The minimum atomic E-state index is -0.124. The van der Waals surface area contributed by atoms with Crippen LogP contribution in [0, 0.1) is 11.3 Å². The number of benzene rings is 2. The molecular weight excluding hydrogens is 660 g/mol. The summed E-state index contributed by atoms with van der Waals surface area (Å²) in [4.78, 5) is 30.5. The Kier molecular flexibility index (Phi) is 10.4. The molecular formula is C39H37N8O5+. The summed E-state index contributed by atoms with van der Waals surface area (Å²) in [5, 5.41) is 29.1. The predicted octanol–water partition coefficient (Wildman–Crippen LogP) is 5.89. The number of rotatable bonds is 4. The predicted molar refractivity (Wildman–Crippen MR) is 195 cm³/mol. The number of carbonyl (C=O) groups excluding carboxylic acids is 2. The van der Waals surface area contributed by atoms with Gasteiger partial charge in [0.15, 0.2) is 13.2 Å². The molecule has 0 atom stereocenters. The van der Waals surface area contributed by atoms with Gasteiger partial charge in [0.2, 0.25) is 23.2 Å². The second kappa shape index (κ2) is 15.4. The van der Waals surface area contributed by atoms with E-state index in [4.69, 9.17) is 9.47 Å². The van der Waals surface area contributed by atoms with E-state index >= 15 is 0 Å². The van der Waals surface area contributed by atoms with Gasteiger partial charge in [-0.2, -0.15) is 14.9 Å². The van der Waals surface area contributed by atoms with Crippen LogP contribution < -0.4 is 20.1 Å². The van der Waals surface area contributed by atoms with Crippen molar-refractivity contribution in [3.63, 3.8) is 0 Å². The van der Waals surface area contributed by atoms with Crippen molar-refractivity contribution in [3.8, 4) is 34.6 Å². The first kappa shape index (κ1) is 35.0. The van der Waals surface area contributed by atoms with Gasteiger partial charge in [0.25, 0.3) is 0 Å². The zero-order valence-corrected chi connectivity index (χ0v) is 29.2. The number of pyridine rings is 2. The first-order valence-electron chi connectivity index (χ1n) is 16.7. The molecule has 3 aliphatic rings. The highest BCUT2D eigenvalue weighted by atomic mass is 16.5. The van der Waals surface area contributed by atoms with Crippen LogP contribution in [-0.2, 0) is 29.3 Å². The number of aromatic nitrogens is 4. The third-order valence-corrected chi connectivity index (χ3v) is 8.22. The number of nitriles is 1. The van der Waals surface area contributed by atoms with Crippen LogP contribution in [0.4, 0.5) is 11.4 Å². The van der Waals surface area contributed by atoms with Crippen LogP contribution in [0.25, 0.3) is 17.0 Å². The van der Waals surface area contributed by atoms with Crippen LogP contribution in [0.1, 0.15) is 55.6 Å². The smallest absolute Gasteiger partial charge is 0.226 e. The Morgan fingerprint density at radius 1 is 0.885 bits per heavy atom.